The first-order chi connectivity index (χ1) is 7.43. The van der Waals surface area contributed by atoms with Crippen LogP contribution in [0.25, 0.3) is 0 Å². The lowest BCUT2D eigenvalue weighted by molar-refractivity contribution is -0.152. The van der Waals surface area contributed by atoms with Crippen molar-refractivity contribution in [1.82, 2.24) is 10.0 Å². The van der Waals surface area contributed by atoms with Crippen LogP contribution < -0.4 is 0 Å². The largest absolute Gasteiger partial charge is 0.480 e. The van der Waals surface area contributed by atoms with Crippen LogP contribution in [0.4, 0.5) is 9.59 Å². The maximum atomic E-state index is 10.9. The van der Waals surface area contributed by atoms with Crippen LogP contribution in [-0.4, -0.2) is 56.1 Å². The number of fused-ring (bicyclic) bond motifs is 1. The summed E-state index contributed by atoms with van der Waals surface area (Å²) in [6.07, 6.45) is -2.44. The summed E-state index contributed by atoms with van der Waals surface area (Å²) in [6.45, 7) is 0.0517. The monoisotopic (exact) mass is 230 g/mol. The minimum Gasteiger partial charge on any atom is -0.480 e. The van der Waals surface area contributed by atoms with Gasteiger partial charge in [-0.3, -0.25) is 0 Å². The van der Waals surface area contributed by atoms with Crippen LogP contribution in [0.2, 0.25) is 0 Å². The molecule has 2 aliphatic rings. The highest BCUT2D eigenvalue weighted by molar-refractivity contribution is 5.82. The zero-order valence-corrected chi connectivity index (χ0v) is 8.11. The van der Waals surface area contributed by atoms with Gasteiger partial charge in [0.05, 0.1) is 0 Å². The molecule has 0 aromatic rings. The van der Waals surface area contributed by atoms with Gasteiger partial charge in [0.2, 0.25) is 0 Å². The maximum absolute atomic E-state index is 10.9. The zero-order valence-electron chi connectivity index (χ0n) is 8.11. The summed E-state index contributed by atoms with van der Waals surface area (Å²) in [5.74, 6) is -1.60. The fourth-order valence-corrected chi connectivity index (χ4v) is 2.19. The first-order valence-corrected chi connectivity index (χ1v) is 4.68. The van der Waals surface area contributed by atoms with Gasteiger partial charge in [0.25, 0.3) is 0 Å². The lowest BCUT2D eigenvalue weighted by Crippen LogP contribution is -2.60. The Morgan fingerprint density at radius 1 is 1.06 bits per heavy atom. The van der Waals surface area contributed by atoms with Crippen molar-refractivity contribution in [3.63, 3.8) is 0 Å². The molecule has 1 aliphatic carbocycles. The fourth-order valence-electron chi connectivity index (χ4n) is 2.19. The smallest absolute Gasteiger partial charge is 0.427 e. The van der Waals surface area contributed by atoms with E-state index in [0.717, 1.165) is 0 Å². The van der Waals surface area contributed by atoms with Crippen LogP contribution in [0.1, 0.15) is 6.42 Å². The van der Waals surface area contributed by atoms with Crippen LogP contribution >= 0.6 is 0 Å². The van der Waals surface area contributed by atoms with Gasteiger partial charge in [0, 0.05) is 6.54 Å². The number of hydrogen-bond donors (Lipinski definition) is 3. The van der Waals surface area contributed by atoms with Gasteiger partial charge in [-0.15, -0.1) is 0 Å². The van der Waals surface area contributed by atoms with Crippen LogP contribution in [0, 0.1) is 11.8 Å². The van der Waals surface area contributed by atoms with E-state index in [9.17, 15) is 14.4 Å². The van der Waals surface area contributed by atoms with E-state index in [1.54, 1.807) is 0 Å². The number of aliphatic carboxylic acids is 1. The standard InChI is InChI=1S/C8H10N2O6/c11-6(12)5-4-1-3(4)2-9(7(13)14)10(5)8(15)16/h3-5H,1-2H2,(H,11,12)(H,13,14)(H,15,16)/t3-,4-,5-/m0/s1. The van der Waals surface area contributed by atoms with Crippen LogP contribution in [-0.2, 0) is 4.79 Å². The van der Waals surface area contributed by atoms with Gasteiger partial charge in [-0.25, -0.2) is 19.4 Å². The summed E-state index contributed by atoms with van der Waals surface area (Å²) < 4.78 is 0. The first-order valence-electron chi connectivity index (χ1n) is 4.68. The number of hydrogen-bond acceptors (Lipinski definition) is 3. The van der Waals surface area contributed by atoms with Crippen molar-refractivity contribution < 1.29 is 29.7 Å². The van der Waals surface area contributed by atoms with Gasteiger partial charge in [-0.2, -0.15) is 5.01 Å². The molecule has 88 valence electrons. The lowest BCUT2D eigenvalue weighted by Gasteiger charge is -2.38. The summed E-state index contributed by atoms with van der Waals surface area (Å²) in [4.78, 5) is 32.7. The molecule has 8 nitrogen and oxygen atoms in total. The van der Waals surface area contributed by atoms with Crippen molar-refractivity contribution in [2.75, 3.05) is 6.54 Å². The quantitative estimate of drug-likeness (QED) is 0.581. The molecule has 2 rings (SSSR count). The molecule has 1 aliphatic heterocycles. The highest BCUT2D eigenvalue weighted by Gasteiger charge is 2.57. The summed E-state index contributed by atoms with van der Waals surface area (Å²) >= 11 is 0. The van der Waals surface area contributed by atoms with Crippen molar-refractivity contribution in [1.29, 1.82) is 0 Å². The Hall–Kier alpha value is -1.99. The normalized spacial score (nSPS) is 31.9. The van der Waals surface area contributed by atoms with Crippen molar-refractivity contribution in [3.05, 3.63) is 0 Å². The molecule has 1 saturated carbocycles. The molecule has 0 bridgehead atoms. The Morgan fingerprint density at radius 2 is 1.69 bits per heavy atom. The zero-order chi connectivity index (χ0) is 12.0. The molecule has 8 heteroatoms. The van der Waals surface area contributed by atoms with Crippen molar-refractivity contribution in [2.45, 2.75) is 12.5 Å². The predicted molar refractivity (Wildman–Crippen MR) is 47.6 cm³/mol. The van der Waals surface area contributed by atoms with Crippen molar-refractivity contribution in [2.24, 2.45) is 11.8 Å². The fraction of sp³-hybridized carbons (Fsp3) is 0.625. The van der Waals surface area contributed by atoms with Crippen molar-refractivity contribution in [3.8, 4) is 0 Å². The van der Waals surface area contributed by atoms with Crippen LogP contribution in [0.15, 0.2) is 0 Å². The van der Waals surface area contributed by atoms with Gasteiger partial charge in [-0.05, 0) is 18.3 Å². The minimum absolute atomic E-state index is 0.0344. The van der Waals surface area contributed by atoms with E-state index in [1.807, 2.05) is 0 Å². The Balaban J connectivity index is 2.31. The van der Waals surface area contributed by atoms with Gasteiger partial charge in [0.1, 0.15) is 0 Å². The number of carboxylic acid groups (broad SMARTS) is 3. The molecular weight excluding hydrogens is 220 g/mol. The minimum atomic E-state index is -1.56. The molecule has 2 amide bonds. The third kappa shape index (κ3) is 1.42. The molecule has 3 atom stereocenters. The van der Waals surface area contributed by atoms with Gasteiger partial charge < -0.3 is 15.3 Å². The summed E-state index contributed by atoms with van der Waals surface area (Å²) in [7, 11) is 0. The second-order valence-electron chi connectivity index (χ2n) is 3.93. The van der Waals surface area contributed by atoms with Gasteiger partial charge in [-0.1, -0.05) is 0 Å². The Bertz CT molecular complexity index is 370. The highest BCUT2D eigenvalue weighted by Crippen LogP contribution is 2.47. The second kappa shape index (κ2) is 3.26. The predicted octanol–water partition coefficient (Wildman–Crippen LogP) is -0.0357. The highest BCUT2D eigenvalue weighted by atomic mass is 16.4. The molecule has 0 unspecified atom stereocenters. The number of hydrazine groups is 1. The number of carbonyl (C=O) groups is 3. The molecule has 0 aromatic heterocycles. The number of amides is 2. The molecule has 1 heterocycles. The van der Waals surface area contributed by atoms with E-state index in [-0.39, 0.29) is 18.4 Å². The van der Waals surface area contributed by atoms with E-state index >= 15 is 0 Å². The van der Waals surface area contributed by atoms with E-state index in [2.05, 4.69) is 0 Å². The molecule has 1 saturated heterocycles. The third-order valence-electron chi connectivity index (χ3n) is 2.98. The van der Waals surface area contributed by atoms with Gasteiger partial charge in [0.15, 0.2) is 6.04 Å². The number of nitrogens with zero attached hydrogens (tertiary/aromatic N) is 2. The Labute approximate surface area is 89.6 Å². The number of carboxylic acids is 1. The van der Waals surface area contributed by atoms with Crippen molar-refractivity contribution >= 4 is 18.2 Å². The van der Waals surface area contributed by atoms with E-state index in [1.165, 1.54) is 0 Å². The number of rotatable bonds is 1. The molecular formula is C8H10N2O6. The summed E-state index contributed by atoms with van der Waals surface area (Å²) in [6, 6.07) is -1.28. The third-order valence-corrected chi connectivity index (χ3v) is 2.98. The average molecular weight is 230 g/mol. The maximum Gasteiger partial charge on any atom is 0.427 e. The molecule has 0 radical (unpaired) electrons. The van der Waals surface area contributed by atoms with E-state index in [4.69, 9.17) is 15.3 Å². The summed E-state index contributed by atoms with van der Waals surface area (Å²) in [5, 5.41) is 27.6. The second-order valence-corrected chi connectivity index (χ2v) is 3.93. The average Bonchev–Trinajstić information content (AvgIpc) is 2.91. The molecule has 3 N–H and O–H groups in total. The first kappa shape index (κ1) is 10.5. The topological polar surface area (TPSA) is 118 Å². The van der Waals surface area contributed by atoms with E-state index in [0.29, 0.717) is 16.4 Å². The molecule has 2 fully saturated rings. The van der Waals surface area contributed by atoms with Gasteiger partial charge >= 0.3 is 18.2 Å². The Morgan fingerprint density at radius 3 is 2.12 bits per heavy atom. The molecule has 0 aromatic carbocycles. The van der Waals surface area contributed by atoms with E-state index < -0.39 is 24.2 Å². The lowest BCUT2D eigenvalue weighted by atomic mass is 10.1. The summed E-state index contributed by atoms with van der Waals surface area (Å²) in [5.41, 5.74) is 0. The van der Waals surface area contributed by atoms with Crippen LogP contribution in [0.3, 0.4) is 0 Å². The molecule has 16 heavy (non-hydrogen) atoms. The SMILES string of the molecule is O=C(O)[C@@H]1[C@H]2C[C@H]2CN(C(=O)O)N1C(=O)O. The molecule has 0 spiro atoms. The Kier molecular flexibility index (Phi) is 2.14. The van der Waals surface area contributed by atoms with Crippen LogP contribution in [0.5, 0.6) is 0 Å².